The van der Waals surface area contributed by atoms with Gasteiger partial charge in [-0.3, -0.25) is 0 Å². The van der Waals surface area contributed by atoms with Gasteiger partial charge in [0.05, 0.1) is 5.52 Å². The van der Waals surface area contributed by atoms with Crippen molar-refractivity contribution >= 4 is 28.5 Å². The number of hydrogen-bond acceptors (Lipinski definition) is 6. The van der Waals surface area contributed by atoms with Crippen LogP contribution in [0.5, 0.6) is 0 Å². The number of nitrogens with one attached hydrogen (secondary N) is 1. The lowest BCUT2D eigenvalue weighted by Gasteiger charge is -2.23. The molecule has 0 bridgehead atoms. The lowest BCUT2D eigenvalue weighted by atomic mass is 10.2. The fraction of sp³-hybridized carbons (Fsp3) is 0.240. The zero-order valence-corrected chi connectivity index (χ0v) is 17.8. The van der Waals surface area contributed by atoms with Gasteiger partial charge in [0.25, 0.3) is 0 Å². The van der Waals surface area contributed by atoms with Crippen LogP contribution in [-0.2, 0) is 6.54 Å². The van der Waals surface area contributed by atoms with E-state index in [1.165, 1.54) is 11.6 Å². The molecule has 5 rings (SSSR count). The minimum absolute atomic E-state index is 0.282. The van der Waals surface area contributed by atoms with Gasteiger partial charge in [0.1, 0.15) is 5.82 Å². The SMILES string of the molecule is Fc1cccnc1N1CCCN(c2nc(NCc3ccccc3)c3ccccc3n2)CC1. The van der Waals surface area contributed by atoms with E-state index in [1.54, 1.807) is 12.3 Å². The number of halogens is 1. The maximum absolute atomic E-state index is 14.2. The molecular weight excluding hydrogens is 403 g/mol. The third-order valence-electron chi connectivity index (χ3n) is 5.71. The standard InChI is InChI=1S/C25H25FN6/c26-21-11-6-13-27-24(21)31-14-7-15-32(17-16-31)25-29-22-12-5-4-10-20(22)23(30-25)28-18-19-8-2-1-3-9-19/h1-6,8-13H,7,14-18H2,(H,28,29,30). The zero-order chi connectivity index (χ0) is 21.8. The smallest absolute Gasteiger partial charge is 0.227 e. The third-order valence-corrected chi connectivity index (χ3v) is 5.71. The van der Waals surface area contributed by atoms with Crippen LogP contribution in [0, 0.1) is 5.82 Å². The monoisotopic (exact) mass is 428 g/mol. The molecule has 6 nitrogen and oxygen atoms in total. The maximum atomic E-state index is 14.2. The van der Waals surface area contributed by atoms with Crippen LogP contribution < -0.4 is 15.1 Å². The summed E-state index contributed by atoms with van der Waals surface area (Å²) in [4.78, 5) is 18.2. The highest BCUT2D eigenvalue weighted by atomic mass is 19.1. The molecule has 7 heteroatoms. The van der Waals surface area contributed by atoms with E-state index in [0.29, 0.717) is 31.4 Å². The van der Waals surface area contributed by atoms with Crippen molar-refractivity contribution < 1.29 is 4.39 Å². The van der Waals surface area contributed by atoms with Gasteiger partial charge in [0.2, 0.25) is 5.95 Å². The molecule has 0 radical (unpaired) electrons. The molecule has 0 saturated carbocycles. The van der Waals surface area contributed by atoms with Gasteiger partial charge < -0.3 is 15.1 Å². The lowest BCUT2D eigenvalue weighted by Crippen LogP contribution is -2.32. The molecule has 0 unspecified atom stereocenters. The van der Waals surface area contributed by atoms with Crippen molar-refractivity contribution in [2.24, 2.45) is 0 Å². The lowest BCUT2D eigenvalue weighted by molar-refractivity contribution is 0.610. The van der Waals surface area contributed by atoms with E-state index in [2.05, 4.69) is 27.3 Å². The van der Waals surface area contributed by atoms with Crippen molar-refractivity contribution in [3.05, 3.63) is 84.3 Å². The first-order valence-corrected chi connectivity index (χ1v) is 10.9. The van der Waals surface area contributed by atoms with Crippen LogP contribution in [0.15, 0.2) is 72.9 Å². The predicted molar refractivity (Wildman–Crippen MR) is 127 cm³/mol. The normalized spacial score (nSPS) is 14.4. The van der Waals surface area contributed by atoms with Gasteiger partial charge in [0, 0.05) is 44.3 Å². The van der Waals surface area contributed by atoms with E-state index in [4.69, 9.17) is 9.97 Å². The van der Waals surface area contributed by atoms with Crippen LogP contribution in [0.4, 0.5) is 22.0 Å². The first-order valence-electron chi connectivity index (χ1n) is 10.9. The summed E-state index contributed by atoms with van der Waals surface area (Å²) in [6, 6.07) is 21.4. The van der Waals surface area contributed by atoms with Gasteiger partial charge >= 0.3 is 0 Å². The molecular formula is C25H25FN6. The van der Waals surface area contributed by atoms with E-state index < -0.39 is 0 Å². The van der Waals surface area contributed by atoms with Crippen LogP contribution >= 0.6 is 0 Å². The molecule has 162 valence electrons. The zero-order valence-electron chi connectivity index (χ0n) is 17.8. The van der Waals surface area contributed by atoms with Crippen LogP contribution in [0.3, 0.4) is 0 Å². The van der Waals surface area contributed by atoms with Crippen LogP contribution in [0.2, 0.25) is 0 Å². The summed E-state index contributed by atoms with van der Waals surface area (Å²) < 4.78 is 14.2. The second kappa shape index (κ2) is 9.18. The summed E-state index contributed by atoms with van der Waals surface area (Å²) in [6.45, 7) is 3.61. The number of fused-ring (bicyclic) bond motifs is 1. The first kappa shape index (κ1) is 20.2. The summed E-state index contributed by atoms with van der Waals surface area (Å²) in [5.74, 6) is 1.66. The Morgan fingerprint density at radius 2 is 1.59 bits per heavy atom. The molecule has 0 aliphatic carbocycles. The fourth-order valence-electron chi connectivity index (χ4n) is 4.06. The Morgan fingerprint density at radius 1 is 0.812 bits per heavy atom. The van der Waals surface area contributed by atoms with Crippen molar-refractivity contribution in [2.45, 2.75) is 13.0 Å². The van der Waals surface area contributed by atoms with E-state index >= 15 is 0 Å². The summed E-state index contributed by atoms with van der Waals surface area (Å²) >= 11 is 0. The Labute approximate surface area is 186 Å². The number of nitrogens with zero attached hydrogens (tertiary/aromatic N) is 5. The average Bonchev–Trinajstić information content (AvgIpc) is 3.10. The number of aromatic nitrogens is 3. The van der Waals surface area contributed by atoms with Crippen LogP contribution in [0.1, 0.15) is 12.0 Å². The van der Waals surface area contributed by atoms with Crippen molar-refractivity contribution in [1.29, 1.82) is 0 Å². The van der Waals surface area contributed by atoms with Gasteiger partial charge in [-0.15, -0.1) is 0 Å². The molecule has 0 amide bonds. The number of pyridine rings is 1. The average molecular weight is 429 g/mol. The molecule has 1 aliphatic heterocycles. The Balaban J connectivity index is 1.39. The van der Waals surface area contributed by atoms with Gasteiger partial charge in [-0.05, 0) is 36.2 Å². The molecule has 2 aromatic heterocycles. The van der Waals surface area contributed by atoms with Crippen molar-refractivity contribution in [2.75, 3.05) is 41.3 Å². The maximum Gasteiger partial charge on any atom is 0.227 e. The Hall–Kier alpha value is -3.74. The van der Waals surface area contributed by atoms with Gasteiger partial charge in [0.15, 0.2) is 11.6 Å². The van der Waals surface area contributed by atoms with Crippen molar-refractivity contribution in [3.63, 3.8) is 0 Å². The van der Waals surface area contributed by atoms with Crippen molar-refractivity contribution in [3.8, 4) is 0 Å². The molecule has 4 aromatic rings. The molecule has 0 atom stereocenters. The minimum atomic E-state index is -0.282. The third kappa shape index (κ3) is 4.32. The highest BCUT2D eigenvalue weighted by Crippen LogP contribution is 2.25. The molecule has 1 aliphatic rings. The van der Waals surface area contributed by atoms with Crippen LogP contribution in [-0.4, -0.2) is 41.1 Å². The summed E-state index contributed by atoms with van der Waals surface area (Å²) in [5, 5.41) is 4.49. The largest absolute Gasteiger partial charge is 0.365 e. The number of para-hydroxylation sites is 1. The Bertz CT molecular complexity index is 1200. The second-order valence-electron chi connectivity index (χ2n) is 7.86. The molecule has 1 N–H and O–H groups in total. The molecule has 0 spiro atoms. The first-order chi connectivity index (χ1) is 15.8. The van der Waals surface area contributed by atoms with Gasteiger partial charge in [-0.1, -0.05) is 42.5 Å². The van der Waals surface area contributed by atoms with Crippen molar-refractivity contribution in [1.82, 2.24) is 15.0 Å². The van der Waals surface area contributed by atoms with E-state index in [9.17, 15) is 4.39 Å². The highest BCUT2D eigenvalue weighted by molar-refractivity contribution is 5.90. The Kier molecular flexibility index (Phi) is 5.79. The summed E-state index contributed by atoms with van der Waals surface area (Å²) in [7, 11) is 0. The fourth-order valence-corrected chi connectivity index (χ4v) is 4.06. The summed E-state index contributed by atoms with van der Waals surface area (Å²) in [5.41, 5.74) is 2.10. The molecule has 3 heterocycles. The number of rotatable bonds is 5. The summed E-state index contributed by atoms with van der Waals surface area (Å²) in [6.07, 6.45) is 2.51. The minimum Gasteiger partial charge on any atom is -0.365 e. The number of benzene rings is 2. The number of anilines is 3. The van der Waals surface area contributed by atoms with Crippen LogP contribution in [0.25, 0.3) is 10.9 Å². The quantitative estimate of drug-likeness (QED) is 0.505. The van der Waals surface area contributed by atoms with E-state index in [1.807, 2.05) is 47.4 Å². The van der Waals surface area contributed by atoms with Gasteiger partial charge in [-0.2, -0.15) is 4.98 Å². The van der Waals surface area contributed by atoms with Gasteiger partial charge in [-0.25, -0.2) is 14.4 Å². The highest BCUT2D eigenvalue weighted by Gasteiger charge is 2.21. The second-order valence-corrected chi connectivity index (χ2v) is 7.86. The number of hydrogen-bond donors (Lipinski definition) is 1. The topological polar surface area (TPSA) is 57.2 Å². The molecule has 1 saturated heterocycles. The molecule has 2 aromatic carbocycles. The van der Waals surface area contributed by atoms with E-state index in [-0.39, 0.29) is 5.82 Å². The molecule has 32 heavy (non-hydrogen) atoms. The molecule has 1 fully saturated rings. The Morgan fingerprint density at radius 3 is 2.47 bits per heavy atom. The van der Waals surface area contributed by atoms with E-state index in [0.717, 1.165) is 36.2 Å². The predicted octanol–water partition coefficient (Wildman–Crippen LogP) is 4.49.